The molecule has 158 valence electrons. The van der Waals surface area contributed by atoms with Crippen molar-refractivity contribution >= 4 is 34.8 Å². The van der Waals surface area contributed by atoms with Crippen molar-refractivity contribution in [1.29, 1.82) is 0 Å². The zero-order valence-corrected chi connectivity index (χ0v) is 18.1. The molecule has 0 saturated carbocycles. The van der Waals surface area contributed by atoms with Crippen LogP contribution in [0.15, 0.2) is 60.7 Å². The first-order valence-electron chi connectivity index (χ1n) is 9.96. The number of rotatable bonds is 6. The Bertz CT molecular complexity index is 919. The summed E-state index contributed by atoms with van der Waals surface area (Å²) in [6.45, 7) is 5.20. The van der Waals surface area contributed by atoms with Crippen molar-refractivity contribution in [3.8, 4) is 0 Å². The van der Waals surface area contributed by atoms with Gasteiger partial charge in [-0.15, -0.1) is 0 Å². The Morgan fingerprint density at radius 3 is 2.23 bits per heavy atom. The number of anilines is 1. The van der Waals surface area contributed by atoms with Gasteiger partial charge in [-0.1, -0.05) is 62.4 Å². The Hall–Kier alpha value is -2.77. The van der Waals surface area contributed by atoms with E-state index in [1.165, 1.54) is 4.90 Å². The number of hydrogen-bond acceptors (Lipinski definition) is 5. The standard InChI is InChI=1S/C23H26N2O4S/c1-4-29-21(27)23(28)18(20(26)15(2)3)19(16-11-7-5-8-12-16)24-22(30)25(23)17-13-9-6-10-14-17/h5-15,18-19,28H,4H2,1-3H3,(H,24,30)/t18-,19+,23+/m0/s1. The number of benzene rings is 2. The largest absolute Gasteiger partial charge is 0.462 e. The Morgan fingerprint density at radius 1 is 1.13 bits per heavy atom. The topological polar surface area (TPSA) is 78.9 Å². The number of nitrogens with zero attached hydrogens (tertiary/aromatic N) is 1. The van der Waals surface area contributed by atoms with Gasteiger partial charge in [-0.2, -0.15) is 0 Å². The molecule has 1 aliphatic heterocycles. The van der Waals surface area contributed by atoms with Crippen LogP contribution in [0.25, 0.3) is 0 Å². The Balaban J connectivity index is 2.24. The van der Waals surface area contributed by atoms with Gasteiger partial charge in [0.15, 0.2) is 5.11 Å². The van der Waals surface area contributed by atoms with Gasteiger partial charge < -0.3 is 15.2 Å². The van der Waals surface area contributed by atoms with Crippen molar-refractivity contribution in [3.63, 3.8) is 0 Å². The van der Waals surface area contributed by atoms with E-state index in [1.807, 2.05) is 36.4 Å². The van der Waals surface area contributed by atoms with Crippen LogP contribution >= 0.6 is 12.2 Å². The lowest BCUT2D eigenvalue weighted by Crippen LogP contribution is -2.72. The molecule has 3 atom stereocenters. The van der Waals surface area contributed by atoms with Gasteiger partial charge >= 0.3 is 5.97 Å². The number of para-hydroxylation sites is 1. The molecule has 1 heterocycles. The summed E-state index contributed by atoms with van der Waals surface area (Å²) in [6.07, 6.45) is 0. The molecule has 0 spiro atoms. The molecule has 0 aliphatic carbocycles. The maximum absolute atomic E-state index is 13.4. The normalized spacial score (nSPS) is 23.8. The van der Waals surface area contributed by atoms with Gasteiger partial charge in [0.2, 0.25) is 0 Å². The van der Waals surface area contributed by atoms with Crippen molar-refractivity contribution in [3.05, 3.63) is 66.2 Å². The summed E-state index contributed by atoms with van der Waals surface area (Å²) < 4.78 is 5.26. The summed E-state index contributed by atoms with van der Waals surface area (Å²) in [5, 5.41) is 15.3. The predicted octanol–water partition coefficient (Wildman–Crippen LogP) is 3.22. The van der Waals surface area contributed by atoms with Crippen molar-refractivity contribution < 1.29 is 19.4 Å². The van der Waals surface area contributed by atoms with E-state index in [9.17, 15) is 14.7 Å². The number of ether oxygens (including phenoxy) is 1. The SMILES string of the molecule is CCOC(=O)[C@]1(O)[C@H](C(=O)C(C)C)[C@@H](c2ccccc2)NC(=S)N1c1ccccc1. The van der Waals surface area contributed by atoms with Crippen molar-refractivity contribution in [2.24, 2.45) is 11.8 Å². The van der Waals surface area contributed by atoms with Crippen molar-refractivity contribution in [2.45, 2.75) is 32.5 Å². The minimum absolute atomic E-state index is 0.0581. The number of carbonyl (C=O) groups is 2. The fourth-order valence-electron chi connectivity index (χ4n) is 3.81. The summed E-state index contributed by atoms with van der Waals surface area (Å²) in [6, 6.07) is 17.3. The third kappa shape index (κ3) is 3.82. The Labute approximate surface area is 181 Å². The molecule has 0 radical (unpaired) electrons. The number of Topliss-reactive ketones (excluding diaryl/α,β-unsaturated/α-hetero) is 1. The van der Waals surface area contributed by atoms with Gasteiger partial charge in [0.25, 0.3) is 5.72 Å². The van der Waals surface area contributed by atoms with Crippen LogP contribution in [0.5, 0.6) is 0 Å². The Morgan fingerprint density at radius 2 is 1.70 bits per heavy atom. The molecule has 6 nitrogen and oxygen atoms in total. The van der Waals surface area contributed by atoms with Crippen LogP contribution in [0.2, 0.25) is 0 Å². The highest BCUT2D eigenvalue weighted by atomic mass is 32.1. The van der Waals surface area contributed by atoms with Gasteiger partial charge in [0.1, 0.15) is 11.7 Å². The highest BCUT2D eigenvalue weighted by Crippen LogP contribution is 2.42. The van der Waals surface area contributed by atoms with Gasteiger partial charge in [-0.3, -0.25) is 9.69 Å². The first kappa shape index (κ1) is 21.9. The van der Waals surface area contributed by atoms with Gasteiger partial charge in [-0.25, -0.2) is 4.79 Å². The third-order valence-corrected chi connectivity index (χ3v) is 5.51. The molecule has 1 aliphatic rings. The molecule has 2 aromatic carbocycles. The second-order valence-electron chi connectivity index (χ2n) is 7.49. The minimum atomic E-state index is -2.30. The fourth-order valence-corrected chi connectivity index (χ4v) is 4.18. The summed E-state index contributed by atoms with van der Waals surface area (Å²) in [5.41, 5.74) is -1.07. The van der Waals surface area contributed by atoms with E-state index in [1.54, 1.807) is 45.0 Å². The Kier molecular flexibility index (Phi) is 6.53. The molecule has 0 bridgehead atoms. The zero-order chi connectivity index (χ0) is 21.9. The molecule has 30 heavy (non-hydrogen) atoms. The summed E-state index contributed by atoms with van der Waals surface area (Å²) in [5.74, 6) is -2.74. The number of ketones is 1. The molecule has 7 heteroatoms. The van der Waals surface area contributed by atoms with E-state index in [0.717, 1.165) is 5.56 Å². The highest BCUT2D eigenvalue weighted by Gasteiger charge is 2.61. The monoisotopic (exact) mass is 426 g/mol. The summed E-state index contributed by atoms with van der Waals surface area (Å²) >= 11 is 5.58. The van der Waals surface area contributed by atoms with E-state index in [2.05, 4.69) is 5.32 Å². The predicted molar refractivity (Wildman–Crippen MR) is 119 cm³/mol. The van der Waals surface area contributed by atoms with Crippen LogP contribution in [0.3, 0.4) is 0 Å². The van der Waals surface area contributed by atoms with Crippen LogP contribution < -0.4 is 10.2 Å². The lowest BCUT2D eigenvalue weighted by Gasteiger charge is -2.50. The fraction of sp³-hybridized carbons (Fsp3) is 0.348. The lowest BCUT2D eigenvalue weighted by atomic mass is 9.75. The number of esters is 1. The highest BCUT2D eigenvalue weighted by molar-refractivity contribution is 7.80. The summed E-state index contributed by atoms with van der Waals surface area (Å²) in [7, 11) is 0. The van der Waals surface area contributed by atoms with Crippen molar-refractivity contribution in [1.82, 2.24) is 5.32 Å². The number of carbonyl (C=O) groups excluding carboxylic acids is 2. The molecule has 2 N–H and O–H groups in total. The van der Waals surface area contributed by atoms with Crippen LogP contribution in [0.1, 0.15) is 32.4 Å². The molecule has 3 rings (SSSR count). The van der Waals surface area contributed by atoms with E-state index in [0.29, 0.717) is 5.69 Å². The van der Waals surface area contributed by atoms with Crippen molar-refractivity contribution in [2.75, 3.05) is 11.5 Å². The number of thiocarbonyl (C=S) groups is 1. The molecule has 2 aromatic rings. The number of nitrogens with one attached hydrogen (secondary N) is 1. The molecular formula is C23H26N2O4S. The van der Waals surface area contributed by atoms with E-state index >= 15 is 0 Å². The average molecular weight is 427 g/mol. The molecule has 0 amide bonds. The van der Waals surface area contributed by atoms with E-state index < -0.39 is 29.6 Å². The quantitative estimate of drug-likeness (QED) is 0.542. The minimum Gasteiger partial charge on any atom is -0.462 e. The molecule has 0 aromatic heterocycles. The van der Waals surface area contributed by atoms with E-state index in [-0.39, 0.29) is 17.5 Å². The van der Waals surface area contributed by atoms with Gasteiger partial charge in [-0.05, 0) is 36.8 Å². The number of aliphatic hydroxyl groups is 1. The molecular weight excluding hydrogens is 400 g/mol. The number of hydrogen-bond donors (Lipinski definition) is 2. The molecule has 1 saturated heterocycles. The maximum Gasteiger partial charge on any atom is 0.361 e. The second-order valence-corrected chi connectivity index (χ2v) is 7.88. The average Bonchev–Trinajstić information content (AvgIpc) is 2.74. The molecule has 1 fully saturated rings. The van der Waals surface area contributed by atoms with Gasteiger partial charge in [0, 0.05) is 11.6 Å². The van der Waals surface area contributed by atoms with Crippen LogP contribution in [0, 0.1) is 11.8 Å². The van der Waals surface area contributed by atoms with Crippen LogP contribution in [-0.2, 0) is 14.3 Å². The zero-order valence-electron chi connectivity index (χ0n) is 17.2. The second kappa shape index (κ2) is 8.93. The third-order valence-electron chi connectivity index (χ3n) is 5.21. The summed E-state index contributed by atoms with van der Waals surface area (Å²) in [4.78, 5) is 27.9. The maximum atomic E-state index is 13.4. The van der Waals surface area contributed by atoms with E-state index in [4.69, 9.17) is 17.0 Å². The first-order chi connectivity index (χ1) is 14.3. The molecule has 0 unspecified atom stereocenters. The van der Waals surface area contributed by atoms with Crippen LogP contribution in [-0.4, -0.2) is 34.3 Å². The van der Waals surface area contributed by atoms with Gasteiger partial charge in [0.05, 0.1) is 12.6 Å². The first-order valence-corrected chi connectivity index (χ1v) is 10.4. The lowest BCUT2D eigenvalue weighted by molar-refractivity contribution is -0.176. The smallest absolute Gasteiger partial charge is 0.361 e. The van der Waals surface area contributed by atoms with Crippen LogP contribution in [0.4, 0.5) is 5.69 Å².